The normalized spacial score (nSPS) is 10.8. The van der Waals surface area contributed by atoms with Crippen molar-refractivity contribution in [2.45, 2.75) is 6.92 Å². The first-order chi connectivity index (χ1) is 13.5. The highest BCUT2D eigenvalue weighted by atomic mass is 19.1. The summed E-state index contributed by atoms with van der Waals surface area (Å²) in [5, 5.41) is 6.78. The zero-order chi connectivity index (χ0) is 19.7. The number of hydrogen-bond acceptors (Lipinski definition) is 2. The van der Waals surface area contributed by atoms with E-state index in [0.717, 1.165) is 29.4 Å². The molecule has 2 heterocycles. The van der Waals surface area contributed by atoms with Gasteiger partial charge in [0.15, 0.2) is 5.82 Å². The van der Waals surface area contributed by atoms with Gasteiger partial charge in [-0.2, -0.15) is 5.10 Å². The molecular weight excluding hydrogens is 362 g/mol. The number of anilines is 1. The fraction of sp³-hybridized carbons (Fsp3) is 0.0476. The van der Waals surface area contributed by atoms with E-state index >= 15 is 0 Å². The maximum atomic E-state index is 13.9. The highest BCUT2D eigenvalue weighted by molar-refractivity contribution is 6.06. The quantitative estimate of drug-likeness (QED) is 0.568. The second-order valence-corrected chi connectivity index (χ2v) is 6.30. The van der Waals surface area contributed by atoms with Gasteiger partial charge in [0.05, 0.1) is 17.6 Å². The molecule has 1 N–H and O–H groups in total. The number of rotatable bonds is 4. The molecule has 0 bridgehead atoms. The first kappa shape index (κ1) is 17.7. The van der Waals surface area contributed by atoms with Crippen LogP contribution in [0.15, 0.2) is 73.2 Å². The molecule has 0 atom stereocenters. The Kier molecular flexibility index (Phi) is 4.49. The van der Waals surface area contributed by atoms with Crippen LogP contribution in [0.4, 0.5) is 14.5 Å². The van der Waals surface area contributed by atoms with E-state index in [1.54, 1.807) is 21.6 Å². The molecule has 0 saturated carbocycles. The maximum absolute atomic E-state index is 13.9. The van der Waals surface area contributed by atoms with E-state index in [-0.39, 0.29) is 11.3 Å². The fourth-order valence-corrected chi connectivity index (χ4v) is 2.96. The molecule has 140 valence electrons. The summed E-state index contributed by atoms with van der Waals surface area (Å²) in [7, 11) is 0. The third-order valence-electron chi connectivity index (χ3n) is 4.26. The maximum Gasteiger partial charge on any atom is 0.261 e. The smallest absolute Gasteiger partial charge is 0.261 e. The van der Waals surface area contributed by atoms with Crippen molar-refractivity contribution in [3.05, 3.63) is 95.9 Å². The van der Waals surface area contributed by atoms with Crippen LogP contribution in [0.25, 0.3) is 11.5 Å². The van der Waals surface area contributed by atoms with Crippen molar-refractivity contribution in [3.63, 3.8) is 0 Å². The third-order valence-corrected chi connectivity index (χ3v) is 4.26. The molecule has 4 rings (SSSR count). The Morgan fingerprint density at radius 3 is 2.57 bits per heavy atom. The van der Waals surface area contributed by atoms with Crippen LogP contribution >= 0.6 is 0 Å². The minimum atomic E-state index is -0.719. The largest absolute Gasteiger partial charge is 0.319 e. The van der Waals surface area contributed by atoms with E-state index in [2.05, 4.69) is 10.4 Å². The van der Waals surface area contributed by atoms with E-state index in [0.29, 0.717) is 5.82 Å². The minimum absolute atomic E-state index is 0.223. The second-order valence-electron chi connectivity index (χ2n) is 6.30. The standard InChI is InChI=1S/C21H16F2N4O/c1-14-5-4-6-16(11-14)27-21(26-9-2-3-10-26)17(13-24-27)20(28)25-19-12-15(22)7-8-18(19)23/h2-13H,1H3,(H,25,28). The first-order valence-corrected chi connectivity index (χ1v) is 8.58. The second kappa shape index (κ2) is 7.11. The van der Waals surface area contributed by atoms with Gasteiger partial charge in [0, 0.05) is 18.5 Å². The molecule has 0 aliphatic heterocycles. The predicted molar refractivity (Wildman–Crippen MR) is 102 cm³/mol. The number of carbonyl (C=O) groups is 1. The number of aryl methyl sites for hydroxylation is 1. The van der Waals surface area contributed by atoms with E-state index in [9.17, 15) is 13.6 Å². The Bertz CT molecular complexity index is 1150. The molecular formula is C21H16F2N4O. The summed E-state index contributed by atoms with van der Waals surface area (Å²) in [5.41, 5.74) is 1.81. The molecule has 2 aromatic heterocycles. The average molecular weight is 378 g/mol. The van der Waals surface area contributed by atoms with Gasteiger partial charge in [0.2, 0.25) is 0 Å². The molecule has 2 aromatic carbocycles. The van der Waals surface area contributed by atoms with E-state index in [4.69, 9.17) is 0 Å². The summed E-state index contributed by atoms with van der Waals surface area (Å²) in [6.45, 7) is 1.96. The first-order valence-electron chi connectivity index (χ1n) is 8.58. The molecule has 0 aliphatic carbocycles. The zero-order valence-corrected chi connectivity index (χ0v) is 14.9. The van der Waals surface area contributed by atoms with Crippen LogP contribution in [0.2, 0.25) is 0 Å². The van der Waals surface area contributed by atoms with Gasteiger partial charge < -0.3 is 9.88 Å². The SMILES string of the molecule is Cc1cccc(-n2ncc(C(=O)Nc3cc(F)ccc3F)c2-n2cccc2)c1. The highest BCUT2D eigenvalue weighted by Crippen LogP contribution is 2.23. The number of nitrogens with zero attached hydrogens (tertiary/aromatic N) is 3. The summed E-state index contributed by atoms with van der Waals surface area (Å²) in [6, 6.07) is 14.2. The van der Waals surface area contributed by atoms with Crippen LogP contribution < -0.4 is 5.32 Å². The zero-order valence-electron chi connectivity index (χ0n) is 14.9. The van der Waals surface area contributed by atoms with Gasteiger partial charge >= 0.3 is 0 Å². The van der Waals surface area contributed by atoms with Gasteiger partial charge in [-0.3, -0.25) is 4.79 Å². The van der Waals surface area contributed by atoms with Crippen LogP contribution in [0, 0.1) is 18.6 Å². The summed E-state index contributed by atoms with van der Waals surface area (Å²) in [4.78, 5) is 12.8. The number of carbonyl (C=O) groups excluding carboxylic acids is 1. The lowest BCUT2D eigenvalue weighted by atomic mass is 10.2. The van der Waals surface area contributed by atoms with Crippen molar-refractivity contribution >= 4 is 11.6 Å². The average Bonchev–Trinajstić information content (AvgIpc) is 3.33. The van der Waals surface area contributed by atoms with Gasteiger partial charge in [-0.15, -0.1) is 0 Å². The fourth-order valence-electron chi connectivity index (χ4n) is 2.96. The van der Waals surface area contributed by atoms with Crippen LogP contribution in [0.1, 0.15) is 15.9 Å². The van der Waals surface area contributed by atoms with Crippen molar-refractivity contribution in [2.24, 2.45) is 0 Å². The Labute approximate surface area is 159 Å². The molecule has 5 nitrogen and oxygen atoms in total. The molecule has 4 aromatic rings. The predicted octanol–water partition coefficient (Wildman–Crippen LogP) is 4.50. The molecule has 0 spiro atoms. The molecule has 0 aliphatic rings. The van der Waals surface area contributed by atoms with Crippen molar-refractivity contribution in [1.29, 1.82) is 0 Å². The van der Waals surface area contributed by atoms with Crippen molar-refractivity contribution < 1.29 is 13.6 Å². The van der Waals surface area contributed by atoms with Gasteiger partial charge in [-0.05, 0) is 48.9 Å². The number of halogens is 2. The van der Waals surface area contributed by atoms with Crippen LogP contribution in [-0.4, -0.2) is 20.3 Å². The number of amides is 1. The number of hydrogen-bond donors (Lipinski definition) is 1. The Morgan fingerprint density at radius 1 is 1.04 bits per heavy atom. The monoisotopic (exact) mass is 378 g/mol. The lowest BCUT2D eigenvalue weighted by Crippen LogP contribution is -2.16. The Balaban J connectivity index is 1.79. The van der Waals surface area contributed by atoms with Gasteiger partial charge in [-0.25, -0.2) is 13.5 Å². The lowest BCUT2D eigenvalue weighted by Gasteiger charge is -2.12. The molecule has 0 fully saturated rings. The van der Waals surface area contributed by atoms with E-state index in [1.807, 2.05) is 43.3 Å². The molecule has 7 heteroatoms. The van der Waals surface area contributed by atoms with Crippen LogP contribution in [0.3, 0.4) is 0 Å². The third kappa shape index (κ3) is 3.29. The summed E-state index contributed by atoms with van der Waals surface area (Å²) in [6.07, 6.45) is 4.97. The molecule has 0 radical (unpaired) electrons. The van der Waals surface area contributed by atoms with Crippen molar-refractivity contribution in [3.8, 4) is 11.5 Å². The van der Waals surface area contributed by atoms with Crippen LogP contribution in [0.5, 0.6) is 0 Å². The van der Waals surface area contributed by atoms with Crippen molar-refractivity contribution in [2.75, 3.05) is 5.32 Å². The Hall–Kier alpha value is -3.74. The van der Waals surface area contributed by atoms with Gasteiger partial charge in [-0.1, -0.05) is 12.1 Å². The topological polar surface area (TPSA) is 51.9 Å². The van der Waals surface area contributed by atoms with E-state index in [1.165, 1.54) is 6.20 Å². The summed E-state index contributed by atoms with van der Waals surface area (Å²) >= 11 is 0. The summed E-state index contributed by atoms with van der Waals surface area (Å²) in [5.74, 6) is -1.46. The lowest BCUT2D eigenvalue weighted by molar-refractivity contribution is 0.102. The number of benzene rings is 2. The number of aromatic nitrogens is 3. The van der Waals surface area contributed by atoms with Crippen LogP contribution in [-0.2, 0) is 0 Å². The Morgan fingerprint density at radius 2 is 1.82 bits per heavy atom. The van der Waals surface area contributed by atoms with Crippen molar-refractivity contribution in [1.82, 2.24) is 14.3 Å². The van der Waals surface area contributed by atoms with E-state index < -0.39 is 17.5 Å². The molecule has 0 unspecified atom stereocenters. The van der Waals surface area contributed by atoms with Gasteiger partial charge in [0.1, 0.15) is 17.2 Å². The molecule has 1 amide bonds. The van der Waals surface area contributed by atoms with Gasteiger partial charge in [0.25, 0.3) is 5.91 Å². The number of nitrogens with one attached hydrogen (secondary N) is 1. The molecule has 28 heavy (non-hydrogen) atoms. The highest BCUT2D eigenvalue weighted by Gasteiger charge is 2.21. The minimum Gasteiger partial charge on any atom is -0.319 e. The molecule has 0 saturated heterocycles. The summed E-state index contributed by atoms with van der Waals surface area (Å²) < 4.78 is 30.7.